The third-order valence-corrected chi connectivity index (χ3v) is 2.51. The minimum atomic E-state index is -1.40. The molecule has 1 saturated heterocycles. The van der Waals surface area contributed by atoms with Crippen molar-refractivity contribution in [3.05, 3.63) is 0 Å². The molecular weight excluding hydrogens is 243 g/mol. The lowest BCUT2D eigenvalue weighted by molar-refractivity contribution is -0.0622. The van der Waals surface area contributed by atoms with Gasteiger partial charge in [-0.1, -0.05) is 0 Å². The average molecular weight is 260 g/mol. The Kier molecular flexibility index (Phi) is 6.41. The maximum atomic E-state index is 10.6. The Morgan fingerprint density at radius 1 is 1.28 bits per heavy atom. The molecule has 1 rings (SSSR count). The van der Waals surface area contributed by atoms with Gasteiger partial charge in [0.2, 0.25) is 0 Å². The predicted molar refractivity (Wildman–Crippen MR) is 60.8 cm³/mol. The topological polar surface area (TPSA) is 83.5 Å². The van der Waals surface area contributed by atoms with Gasteiger partial charge in [0.15, 0.2) is 6.10 Å². The number of rotatable bonds is 7. The predicted octanol–water partition coefficient (Wildman–Crippen LogP) is -0.379. The third kappa shape index (κ3) is 4.13. The van der Waals surface area contributed by atoms with Crippen LogP contribution in [0.2, 0.25) is 0 Å². The van der Waals surface area contributed by atoms with Crippen molar-refractivity contribution in [2.45, 2.75) is 24.3 Å². The SMILES string of the molecule is [B]C1OC(COC)C(OC(=O)O)C1OCCOC. The van der Waals surface area contributed by atoms with Crippen molar-refractivity contribution < 1.29 is 33.6 Å². The molecule has 102 valence electrons. The molecule has 0 saturated carbocycles. The van der Waals surface area contributed by atoms with Gasteiger partial charge in [-0.15, -0.1) is 0 Å². The van der Waals surface area contributed by atoms with Gasteiger partial charge < -0.3 is 28.8 Å². The lowest BCUT2D eigenvalue weighted by Crippen LogP contribution is -2.40. The average Bonchev–Trinajstić information content (AvgIpc) is 2.57. The summed E-state index contributed by atoms with van der Waals surface area (Å²) in [4.78, 5) is 10.6. The Balaban J connectivity index is 2.61. The molecule has 0 amide bonds. The number of methoxy groups -OCH3 is 2. The summed E-state index contributed by atoms with van der Waals surface area (Å²) in [5.74, 6) is 0. The van der Waals surface area contributed by atoms with Crippen molar-refractivity contribution in [1.29, 1.82) is 0 Å². The van der Waals surface area contributed by atoms with Crippen LogP contribution in [0.15, 0.2) is 0 Å². The van der Waals surface area contributed by atoms with Crippen LogP contribution >= 0.6 is 0 Å². The Bertz CT molecular complexity index is 263. The van der Waals surface area contributed by atoms with Gasteiger partial charge in [0.05, 0.1) is 19.8 Å². The largest absolute Gasteiger partial charge is 0.506 e. The molecule has 0 aliphatic carbocycles. The highest BCUT2D eigenvalue weighted by Gasteiger charge is 2.45. The van der Waals surface area contributed by atoms with Gasteiger partial charge in [-0.2, -0.15) is 0 Å². The molecule has 18 heavy (non-hydrogen) atoms. The van der Waals surface area contributed by atoms with E-state index in [0.29, 0.717) is 6.61 Å². The monoisotopic (exact) mass is 260 g/mol. The molecule has 2 radical (unpaired) electrons. The summed E-state index contributed by atoms with van der Waals surface area (Å²) in [5.41, 5.74) is 0. The van der Waals surface area contributed by atoms with Crippen LogP contribution in [-0.2, 0) is 23.7 Å². The van der Waals surface area contributed by atoms with E-state index in [-0.39, 0.29) is 13.2 Å². The first kappa shape index (κ1) is 15.2. The second kappa shape index (κ2) is 7.57. The Labute approximate surface area is 107 Å². The highest BCUT2D eigenvalue weighted by molar-refractivity contribution is 6.11. The summed E-state index contributed by atoms with van der Waals surface area (Å²) >= 11 is 0. The van der Waals surface area contributed by atoms with Crippen molar-refractivity contribution in [2.24, 2.45) is 0 Å². The molecule has 1 aliphatic heterocycles. The van der Waals surface area contributed by atoms with Gasteiger partial charge in [-0.25, -0.2) is 4.79 Å². The molecule has 0 aromatic rings. The van der Waals surface area contributed by atoms with E-state index in [1.54, 1.807) is 0 Å². The summed E-state index contributed by atoms with van der Waals surface area (Å²) in [6, 6.07) is -0.758. The van der Waals surface area contributed by atoms with Crippen LogP contribution in [0.1, 0.15) is 0 Å². The van der Waals surface area contributed by atoms with Gasteiger partial charge in [0.1, 0.15) is 20.1 Å². The fourth-order valence-corrected chi connectivity index (χ4v) is 1.77. The standard InChI is InChI=1S/C10H17BO7/c1-14-3-4-16-8-7(18-10(12)13)6(5-15-2)17-9(8)11/h6-9H,3-5H2,1-2H3,(H,12,13). The van der Waals surface area contributed by atoms with E-state index in [1.165, 1.54) is 14.2 Å². The minimum Gasteiger partial charge on any atom is -0.450 e. The van der Waals surface area contributed by atoms with Gasteiger partial charge in [0.25, 0.3) is 0 Å². The van der Waals surface area contributed by atoms with Crippen molar-refractivity contribution >= 4 is 14.0 Å². The molecule has 1 heterocycles. The van der Waals surface area contributed by atoms with Crippen LogP contribution in [0, 0.1) is 0 Å². The molecule has 7 nitrogen and oxygen atoms in total. The van der Waals surface area contributed by atoms with E-state index in [0.717, 1.165) is 0 Å². The summed E-state index contributed by atoms with van der Waals surface area (Å²) in [6.07, 6.45) is -3.46. The molecule has 0 bridgehead atoms. The van der Waals surface area contributed by atoms with Crippen LogP contribution in [0.3, 0.4) is 0 Å². The highest BCUT2D eigenvalue weighted by atomic mass is 16.7. The second-order valence-electron chi connectivity index (χ2n) is 3.77. The first-order chi connectivity index (χ1) is 8.60. The van der Waals surface area contributed by atoms with E-state index < -0.39 is 30.5 Å². The zero-order valence-electron chi connectivity index (χ0n) is 10.4. The van der Waals surface area contributed by atoms with Gasteiger partial charge >= 0.3 is 6.16 Å². The molecule has 0 spiro atoms. The zero-order valence-corrected chi connectivity index (χ0v) is 10.4. The molecule has 0 aromatic carbocycles. The highest BCUT2D eigenvalue weighted by Crippen LogP contribution is 2.25. The molecule has 0 aromatic heterocycles. The number of carboxylic acid groups (broad SMARTS) is 1. The summed E-state index contributed by atoms with van der Waals surface area (Å²) in [7, 11) is 8.74. The molecular formula is C10H17BO7. The maximum absolute atomic E-state index is 10.6. The van der Waals surface area contributed by atoms with Crippen molar-refractivity contribution in [3.8, 4) is 0 Å². The van der Waals surface area contributed by atoms with E-state index in [4.69, 9.17) is 36.6 Å². The minimum absolute atomic E-state index is 0.176. The lowest BCUT2D eigenvalue weighted by atomic mass is 9.93. The fourth-order valence-electron chi connectivity index (χ4n) is 1.77. The van der Waals surface area contributed by atoms with Crippen LogP contribution in [0.25, 0.3) is 0 Å². The first-order valence-corrected chi connectivity index (χ1v) is 5.50. The summed E-state index contributed by atoms with van der Waals surface area (Å²) in [5, 5.41) is 8.70. The van der Waals surface area contributed by atoms with Gasteiger partial charge in [-0.05, 0) is 0 Å². The number of hydrogen-bond donors (Lipinski definition) is 1. The van der Waals surface area contributed by atoms with E-state index in [1.807, 2.05) is 0 Å². The molecule has 1 fully saturated rings. The number of hydrogen-bond acceptors (Lipinski definition) is 6. The van der Waals surface area contributed by atoms with Gasteiger partial charge in [0, 0.05) is 20.2 Å². The maximum Gasteiger partial charge on any atom is 0.506 e. The normalized spacial score (nSPS) is 31.4. The number of carbonyl (C=O) groups is 1. The van der Waals surface area contributed by atoms with Gasteiger partial charge in [-0.3, -0.25) is 0 Å². The Morgan fingerprint density at radius 3 is 2.56 bits per heavy atom. The molecule has 8 heteroatoms. The quantitative estimate of drug-likeness (QED) is 0.379. The second-order valence-corrected chi connectivity index (χ2v) is 3.77. The fraction of sp³-hybridized carbons (Fsp3) is 0.900. The van der Waals surface area contributed by atoms with Crippen molar-refractivity contribution in [2.75, 3.05) is 34.0 Å². The molecule has 4 atom stereocenters. The van der Waals surface area contributed by atoms with Crippen LogP contribution in [0.5, 0.6) is 0 Å². The van der Waals surface area contributed by atoms with Crippen LogP contribution in [0.4, 0.5) is 4.79 Å². The first-order valence-electron chi connectivity index (χ1n) is 5.50. The van der Waals surface area contributed by atoms with Crippen molar-refractivity contribution in [3.63, 3.8) is 0 Å². The summed E-state index contributed by atoms with van der Waals surface area (Å²) < 4.78 is 25.3. The third-order valence-electron chi connectivity index (χ3n) is 2.51. The smallest absolute Gasteiger partial charge is 0.450 e. The van der Waals surface area contributed by atoms with E-state index in [2.05, 4.69) is 0 Å². The van der Waals surface area contributed by atoms with E-state index in [9.17, 15) is 4.79 Å². The van der Waals surface area contributed by atoms with Crippen molar-refractivity contribution in [1.82, 2.24) is 0 Å². The zero-order chi connectivity index (χ0) is 13.5. The van der Waals surface area contributed by atoms with E-state index >= 15 is 0 Å². The summed E-state index contributed by atoms with van der Waals surface area (Å²) in [6.45, 7) is 0.825. The lowest BCUT2D eigenvalue weighted by Gasteiger charge is -2.22. The molecule has 4 unspecified atom stereocenters. The Hall–Kier alpha value is -0.825. The Morgan fingerprint density at radius 2 is 2.00 bits per heavy atom. The molecule has 1 N–H and O–H groups in total. The van der Waals surface area contributed by atoms with Crippen LogP contribution < -0.4 is 0 Å². The number of ether oxygens (including phenoxy) is 5. The molecule has 1 aliphatic rings. The van der Waals surface area contributed by atoms with Crippen LogP contribution in [-0.4, -0.2) is 77.5 Å².